The quantitative estimate of drug-likeness (QED) is 0.187. The lowest BCUT2D eigenvalue weighted by Crippen LogP contribution is -1.95. The molecule has 0 saturated heterocycles. The Hall–Kier alpha value is -6.49. The number of hydrogen-bond acceptors (Lipinski definition) is 3. The van der Waals surface area contributed by atoms with Crippen LogP contribution >= 0.6 is 11.3 Å². The van der Waals surface area contributed by atoms with Gasteiger partial charge >= 0.3 is 0 Å². The number of hydrogen-bond donors (Lipinski definition) is 0. The first kappa shape index (κ1) is 28.4. The van der Waals surface area contributed by atoms with Crippen molar-refractivity contribution in [1.82, 2.24) is 9.55 Å². The van der Waals surface area contributed by atoms with E-state index in [9.17, 15) is 0 Å². The lowest BCUT2D eigenvalue weighted by molar-refractivity contribution is 0.669. The summed E-state index contributed by atoms with van der Waals surface area (Å²) in [5, 5.41) is 7.49. The number of thiophene rings is 1. The molecule has 0 spiro atoms. The van der Waals surface area contributed by atoms with Gasteiger partial charge in [0, 0.05) is 58.5 Å². The number of pyridine rings is 1. The van der Waals surface area contributed by atoms with E-state index < -0.39 is 0 Å². The van der Waals surface area contributed by atoms with Crippen molar-refractivity contribution in [2.45, 2.75) is 0 Å². The summed E-state index contributed by atoms with van der Waals surface area (Å²) < 4.78 is 11.3. The zero-order valence-corrected chi connectivity index (χ0v) is 28.2. The number of furan rings is 1. The Balaban J connectivity index is 1.06. The number of nitrogens with zero attached hydrogens (tertiary/aromatic N) is 2. The number of para-hydroxylation sites is 2. The van der Waals surface area contributed by atoms with Crippen molar-refractivity contribution in [2.75, 3.05) is 0 Å². The maximum atomic E-state index is 6.28. The zero-order valence-electron chi connectivity index (χ0n) is 27.4. The maximum Gasteiger partial charge on any atom is 0.136 e. The Morgan fingerprint density at radius 1 is 0.431 bits per heavy atom. The molecule has 238 valence electrons. The maximum absolute atomic E-state index is 6.28. The van der Waals surface area contributed by atoms with Crippen molar-refractivity contribution in [3.63, 3.8) is 0 Å². The molecule has 0 bridgehead atoms. The van der Waals surface area contributed by atoms with E-state index in [4.69, 9.17) is 9.40 Å². The number of aromatic nitrogens is 2. The number of benzene rings is 7. The molecule has 4 heterocycles. The number of rotatable bonds is 4. The predicted octanol–water partition coefficient (Wildman–Crippen LogP) is 13.4. The fraction of sp³-hybridized carbons (Fsp3) is 0. The first-order valence-corrected chi connectivity index (χ1v) is 18.0. The van der Waals surface area contributed by atoms with Gasteiger partial charge in [0.05, 0.1) is 22.4 Å². The molecule has 51 heavy (non-hydrogen) atoms. The molecule has 3 nitrogen and oxygen atoms in total. The van der Waals surface area contributed by atoms with Gasteiger partial charge in [0.15, 0.2) is 0 Å². The molecule has 0 aliphatic carbocycles. The smallest absolute Gasteiger partial charge is 0.136 e. The molecule has 0 saturated carbocycles. The summed E-state index contributed by atoms with van der Waals surface area (Å²) in [5.41, 5.74) is 11.5. The molecule has 0 amide bonds. The first-order chi connectivity index (χ1) is 25.3. The van der Waals surface area contributed by atoms with Crippen LogP contribution in [0.2, 0.25) is 0 Å². The second-order valence-corrected chi connectivity index (χ2v) is 14.2. The van der Waals surface area contributed by atoms with Crippen LogP contribution in [0.15, 0.2) is 174 Å². The van der Waals surface area contributed by atoms with Crippen LogP contribution in [0.4, 0.5) is 0 Å². The van der Waals surface area contributed by atoms with Crippen LogP contribution in [0, 0.1) is 0 Å². The van der Waals surface area contributed by atoms with E-state index in [1.807, 2.05) is 29.5 Å². The van der Waals surface area contributed by atoms with Crippen LogP contribution in [0.3, 0.4) is 0 Å². The van der Waals surface area contributed by atoms with Crippen molar-refractivity contribution in [2.24, 2.45) is 0 Å². The van der Waals surface area contributed by atoms with Crippen LogP contribution < -0.4 is 0 Å². The molecule has 0 aliphatic heterocycles. The van der Waals surface area contributed by atoms with Gasteiger partial charge in [-0.05, 0) is 71.8 Å². The van der Waals surface area contributed by atoms with E-state index in [0.29, 0.717) is 0 Å². The van der Waals surface area contributed by atoms with Gasteiger partial charge in [-0.3, -0.25) is 0 Å². The summed E-state index contributed by atoms with van der Waals surface area (Å²) in [6.07, 6.45) is 0. The molecule has 7 aromatic carbocycles. The van der Waals surface area contributed by atoms with E-state index in [-0.39, 0.29) is 0 Å². The third-order valence-corrected chi connectivity index (χ3v) is 11.4. The Kier molecular flexibility index (Phi) is 6.12. The third kappa shape index (κ3) is 4.40. The van der Waals surface area contributed by atoms with E-state index >= 15 is 0 Å². The van der Waals surface area contributed by atoms with Crippen molar-refractivity contribution in [1.29, 1.82) is 0 Å². The van der Waals surface area contributed by atoms with Gasteiger partial charge in [-0.1, -0.05) is 109 Å². The van der Waals surface area contributed by atoms with Crippen LogP contribution in [0.25, 0.3) is 103 Å². The molecular weight excluding hydrogens is 641 g/mol. The molecule has 0 atom stereocenters. The third-order valence-electron chi connectivity index (χ3n) is 10.2. The van der Waals surface area contributed by atoms with Gasteiger partial charge in [-0.15, -0.1) is 11.3 Å². The molecule has 0 aliphatic rings. The summed E-state index contributed by atoms with van der Waals surface area (Å²) in [4.78, 5) is 5.21. The van der Waals surface area contributed by atoms with Crippen LogP contribution in [-0.4, -0.2) is 9.55 Å². The summed E-state index contributed by atoms with van der Waals surface area (Å²) >= 11 is 1.89. The van der Waals surface area contributed by atoms with E-state index in [1.54, 1.807) is 0 Å². The predicted molar refractivity (Wildman–Crippen MR) is 215 cm³/mol. The Labute approximate surface area is 297 Å². The van der Waals surface area contributed by atoms with E-state index in [0.717, 1.165) is 61.3 Å². The fourth-order valence-electron chi connectivity index (χ4n) is 7.80. The van der Waals surface area contributed by atoms with Crippen molar-refractivity contribution in [3.8, 4) is 39.3 Å². The minimum absolute atomic E-state index is 0.886. The normalized spacial score (nSPS) is 11.9. The average Bonchev–Trinajstić information content (AvgIpc) is 3.87. The van der Waals surface area contributed by atoms with Crippen molar-refractivity contribution < 1.29 is 4.42 Å². The number of fused-ring (bicyclic) bond motifs is 10. The molecule has 0 fully saturated rings. The molecule has 0 unspecified atom stereocenters. The standard InChI is InChI=1S/C47H28N2OS/c1-2-10-29(11-3-1)39-26-32(31-20-23-35-34-12-5-8-16-43(34)50-44(35)28-31)27-40(48-39)30-18-21-33(22-19-30)49-41-15-7-4-14-38(41)46-42(49)25-24-37-36-13-6-9-17-45(36)51-47(37)46/h1-28H. The highest BCUT2D eigenvalue weighted by atomic mass is 32.1. The molecule has 11 aromatic rings. The largest absolute Gasteiger partial charge is 0.456 e. The summed E-state index contributed by atoms with van der Waals surface area (Å²) in [6, 6.07) is 60.5. The molecular formula is C47H28N2OS. The Morgan fingerprint density at radius 3 is 1.92 bits per heavy atom. The second kappa shape index (κ2) is 11.0. The van der Waals surface area contributed by atoms with Gasteiger partial charge in [-0.25, -0.2) is 4.98 Å². The summed E-state index contributed by atoms with van der Waals surface area (Å²) in [7, 11) is 0. The van der Waals surface area contributed by atoms with Crippen molar-refractivity contribution in [3.05, 3.63) is 170 Å². The van der Waals surface area contributed by atoms with E-state index in [2.05, 4.69) is 156 Å². The van der Waals surface area contributed by atoms with Gasteiger partial charge < -0.3 is 8.98 Å². The summed E-state index contributed by atoms with van der Waals surface area (Å²) in [6.45, 7) is 0. The minimum Gasteiger partial charge on any atom is -0.456 e. The highest BCUT2D eigenvalue weighted by Gasteiger charge is 2.18. The molecule has 4 heteroatoms. The molecule has 11 rings (SSSR count). The highest BCUT2D eigenvalue weighted by molar-refractivity contribution is 7.26. The Morgan fingerprint density at radius 2 is 1.08 bits per heavy atom. The van der Waals surface area contributed by atoms with Gasteiger partial charge in [0.25, 0.3) is 0 Å². The highest BCUT2D eigenvalue weighted by Crippen LogP contribution is 2.43. The lowest BCUT2D eigenvalue weighted by atomic mass is 9.99. The van der Waals surface area contributed by atoms with Crippen molar-refractivity contribution >= 4 is 75.3 Å². The minimum atomic E-state index is 0.886. The average molecular weight is 669 g/mol. The summed E-state index contributed by atoms with van der Waals surface area (Å²) in [5.74, 6) is 0. The lowest BCUT2D eigenvalue weighted by Gasteiger charge is -2.12. The second-order valence-electron chi connectivity index (χ2n) is 13.1. The topological polar surface area (TPSA) is 31.0 Å². The molecule has 0 radical (unpaired) electrons. The Bertz CT molecular complexity index is 3130. The van der Waals surface area contributed by atoms with Gasteiger partial charge in [-0.2, -0.15) is 0 Å². The van der Waals surface area contributed by atoms with Gasteiger partial charge in [0.1, 0.15) is 11.2 Å². The van der Waals surface area contributed by atoms with Crippen LogP contribution in [0.5, 0.6) is 0 Å². The van der Waals surface area contributed by atoms with E-state index in [1.165, 1.54) is 42.0 Å². The van der Waals surface area contributed by atoms with Crippen LogP contribution in [0.1, 0.15) is 0 Å². The molecule has 4 aromatic heterocycles. The zero-order chi connectivity index (χ0) is 33.5. The van der Waals surface area contributed by atoms with Gasteiger partial charge in [0.2, 0.25) is 0 Å². The van der Waals surface area contributed by atoms with Crippen LogP contribution in [-0.2, 0) is 0 Å². The molecule has 0 N–H and O–H groups in total. The monoisotopic (exact) mass is 668 g/mol. The fourth-order valence-corrected chi connectivity index (χ4v) is 9.06. The first-order valence-electron chi connectivity index (χ1n) is 17.2. The SMILES string of the molecule is c1ccc(-c2cc(-c3ccc4c(c3)oc3ccccc34)cc(-c3ccc(-n4c5ccccc5c5c6sc7ccccc7c6ccc54)cc3)n2)cc1.